The number of aromatic nitrogens is 4. The molecule has 3 fully saturated rings. The zero-order valence-corrected chi connectivity index (χ0v) is 55.0. The number of rotatable bonds is 10. The average molecular weight is 1260 g/mol. The number of benzene rings is 6. The van der Waals surface area contributed by atoms with Crippen LogP contribution < -0.4 is 5.46 Å². The third kappa shape index (κ3) is 14.7. The maximum absolute atomic E-state index is 9.96. The van der Waals surface area contributed by atoms with E-state index in [0.29, 0.717) is 0 Å². The van der Waals surface area contributed by atoms with Gasteiger partial charge in [0, 0.05) is 51.5 Å². The predicted molar refractivity (Wildman–Crippen MR) is 370 cm³/mol. The first-order chi connectivity index (χ1) is 43.3. The molecule has 0 amide bonds. The van der Waals surface area contributed by atoms with Gasteiger partial charge in [0.15, 0.2) is 0 Å². The Morgan fingerprint density at radius 2 is 0.533 bits per heavy atom. The van der Waals surface area contributed by atoms with Gasteiger partial charge in [-0.15, -0.1) is 0 Å². The van der Waals surface area contributed by atoms with Crippen LogP contribution in [0.3, 0.4) is 0 Å². The van der Waals surface area contributed by atoms with Crippen LogP contribution in [0, 0.1) is 0 Å². The molecule has 7 heterocycles. The van der Waals surface area contributed by atoms with Gasteiger partial charge in [0.25, 0.3) is 0 Å². The monoisotopic (exact) mass is 1260 g/mol. The van der Waals surface area contributed by atoms with E-state index in [4.69, 9.17) is 29.3 Å². The number of alkyl halides is 1. The number of halogens is 2. The van der Waals surface area contributed by atoms with Gasteiger partial charge in [-0.05, 0) is 206 Å². The SMILES string of the molecule is Brc1cc(-c2ccc(-c3ccccn3)cc2)cc(-c2ccc(-c3ccccn3)cc2)c1.CC1(C)OB(B2OC(C)(C)C(C)(C)O2)OC1(C)C.CC1(C)OB(c2cc(-c3ccc(-c4ccccn4)cc3)cc(-c3ccc(-c4ccccn4)cc3)c2)OC1(C)C.[2H]CF. The summed E-state index contributed by atoms with van der Waals surface area (Å²) in [5, 5.41) is 0. The second-order valence-electron chi connectivity index (χ2n) is 25.6. The quantitative estimate of drug-likeness (QED) is 0.123. The second-order valence-corrected chi connectivity index (χ2v) is 26.5. The lowest BCUT2D eigenvalue weighted by Gasteiger charge is -2.32. The van der Waals surface area contributed by atoms with Gasteiger partial charge in [0.05, 0.1) is 64.9 Å². The van der Waals surface area contributed by atoms with E-state index >= 15 is 0 Å². The Bertz CT molecular complexity index is 3740. The van der Waals surface area contributed by atoms with E-state index in [0.717, 1.165) is 77.2 Å². The third-order valence-electron chi connectivity index (χ3n) is 17.9. The Balaban J connectivity index is 0.000000156. The van der Waals surface area contributed by atoms with E-state index in [9.17, 15) is 4.39 Å². The second kappa shape index (κ2) is 27.0. The van der Waals surface area contributed by atoms with Gasteiger partial charge in [-0.3, -0.25) is 24.3 Å². The maximum atomic E-state index is 9.96. The van der Waals surface area contributed by atoms with Crippen LogP contribution in [0.2, 0.25) is 0 Å². The average Bonchev–Trinajstić information content (AvgIpc) is 1.63. The van der Waals surface area contributed by atoms with Crippen LogP contribution in [0.15, 0.2) is 236 Å². The highest BCUT2D eigenvalue weighted by molar-refractivity contribution is 9.10. The molecule has 90 heavy (non-hydrogen) atoms. The van der Waals surface area contributed by atoms with Crippen LogP contribution in [-0.2, 0) is 27.9 Å². The molecule has 0 radical (unpaired) electrons. The highest BCUT2D eigenvalue weighted by Gasteiger charge is 2.64. The van der Waals surface area contributed by atoms with Gasteiger partial charge in [-0.2, -0.15) is 0 Å². The molecule has 15 heteroatoms. The van der Waals surface area contributed by atoms with Crippen LogP contribution in [0.5, 0.6) is 0 Å². The zero-order valence-electron chi connectivity index (χ0n) is 54.4. The van der Waals surface area contributed by atoms with Crippen LogP contribution in [0.25, 0.3) is 89.5 Å². The predicted octanol–water partition coefficient (Wildman–Crippen LogP) is 18.2. The molecule has 13 rings (SSSR count). The topological polar surface area (TPSA) is 107 Å². The summed E-state index contributed by atoms with van der Waals surface area (Å²) in [6, 6.07) is 71.3. The van der Waals surface area contributed by atoms with Gasteiger partial charge < -0.3 is 27.9 Å². The van der Waals surface area contributed by atoms with Crippen molar-refractivity contribution in [3.05, 3.63) is 236 Å². The first-order valence-electron chi connectivity index (χ1n) is 31.0. The molecule has 456 valence electrons. The highest BCUT2D eigenvalue weighted by atomic mass is 79.9. The fourth-order valence-electron chi connectivity index (χ4n) is 10.5. The fraction of sp³-hybridized carbons (Fsp3) is 0.253. The van der Waals surface area contributed by atoms with Gasteiger partial charge in [-0.1, -0.05) is 149 Å². The molecule has 0 bridgehead atoms. The van der Waals surface area contributed by atoms with E-state index < -0.39 is 39.5 Å². The molecule has 10 aromatic rings. The summed E-state index contributed by atoms with van der Waals surface area (Å²) in [6.07, 6.45) is 7.29. The first-order valence-corrected chi connectivity index (χ1v) is 31.1. The van der Waals surface area contributed by atoms with Crippen molar-refractivity contribution in [2.75, 3.05) is 7.15 Å². The lowest BCUT2D eigenvalue weighted by Crippen LogP contribution is -2.41. The molecule has 0 N–H and O–H groups in total. The van der Waals surface area contributed by atoms with E-state index in [1.807, 2.05) is 153 Å². The lowest BCUT2D eigenvalue weighted by molar-refractivity contribution is 0.00578. The van der Waals surface area contributed by atoms with E-state index in [2.05, 4.69) is 197 Å². The Morgan fingerprint density at radius 1 is 0.311 bits per heavy atom. The Labute approximate surface area is 542 Å². The van der Waals surface area contributed by atoms with Crippen LogP contribution in [0.1, 0.15) is 84.5 Å². The highest BCUT2D eigenvalue weighted by Crippen LogP contribution is 2.44. The van der Waals surface area contributed by atoms with Gasteiger partial charge >= 0.3 is 21.1 Å². The number of hydrogen-bond acceptors (Lipinski definition) is 10. The van der Waals surface area contributed by atoms with E-state index in [-0.39, 0.29) is 22.4 Å². The summed E-state index contributed by atoms with van der Waals surface area (Å²) in [7, 11) is -2.40. The molecule has 4 aromatic heterocycles. The van der Waals surface area contributed by atoms with Crippen LogP contribution >= 0.6 is 15.9 Å². The molecular weight excluding hydrogens is 1180 g/mol. The summed E-state index contributed by atoms with van der Waals surface area (Å²) in [5.41, 5.74) is 16.2. The normalized spacial score (nSPS) is 17.2. The van der Waals surface area contributed by atoms with Crippen LogP contribution in [0.4, 0.5) is 4.39 Å². The van der Waals surface area contributed by atoms with Crippen molar-refractivity contribution >= 4 is 42.5 Å². The largest absolute Gasteiger partial charge is 0.494 e. The third-order valence-corrected chi connectivity index (χ3v) is 18.3. The summed E-state index contributed by atoms with van der Waals surface area (Å²) in [5.74, 6) is 0. The van der Waals surface area contributed by atoms with Gasteiger partial charge in [-0.25, -0.2) is 0 Å². The van der Waals surface area contributed by atoms with Crippen molar-refractivity contribution in [2.45, 2.75) is 117 Å². The van der Waals surface area contributed by atoms with E-state index in [1.54, 1.807) is 0 Å². The lowest BCUT2D eigenvalue weighted by atomic mass is 9.49. The van der Waals surface area contributed by atoms with Gasteiger partial charge in [0.1, 0.15) is 0 Å². The molecule has 0 saturated carbocycles. The van der Waals surface area contributed by atoms with Crippen LogP contribution in [-0.4, -0.2) is 81.8 Å². The maximum Gasteiger partial charge on any atom is 0.494 e. The molecular formula is C75H77B3BrFN4O6. The molecule has 6 aromatic carbocycles. The van der Waals surface area contributed by atoms with Crippen molar-refractivity contribution in [2.24, 2.45) is 0 Å². The molecule has 0 spiro atoms. The minimum atomic E-state index is -1.00. The summed E-state index contributed by atoms with van der Waals surface area (Å²) in [6.45, 7) is 24.6. The Morgan fingerprint density at radius 3 is 0.767 bits per heavy atom. The van der Waals surface area contributed by atoms with Crippen molar-refractivity contribution in [3.8, 4) is 89.5 Å². The van der Waals surface area contributed by atoms with Crippen molar-refractivity contribution in [1.82, 2.24) is 19.9 Å². The first kappa shape index (κ1) is 63.8. The van der Waals surface area contributed by atoms with Crippen molar-refractivity contribution in [1.29, 1.82) is 0 Å². The number of hydrogen-bond donors (Lipinski definition) is 0. The molecule has 0 unspecified atom stereocenters. The standard InChI is InChI=1S/C34H31BN2O2.C28H19BrN2.C12H24B2O4.CH3F/c1-33(2)34(3,4)39-35(38-33)30-22-28(24-11-15-26(16-12-24)31-9-5-7-19-36-31)21-29(23-30)25-13-17-27(18-14-25)32-10-6-8-20-37-32;29-26-18-24(20-7-11-22(12-8-20)27-5-1-3-15-30-27)17-25(19-26)21-9-13-23(14-10-21)28-6-2-4-16-31-28;1-9(2)10(3,4)16-13(15-9)14-17-11(5,6)12(7,8)18-14;1-2/h5-23H,1-4H3;1-19H;1-8H3;1H3/i;;;1D. The number of nitrogens with zero attached hydrogens (tertiary/aromatic N) is 4. The zero-order chi connectivity index (χ0) is 64.8. The van der Waals surface area contributed by atoms with Crippen molar-refractivity contribution in [3.63, 3.8) is 0 Å². The summed E-state index contributed by atoms with van der Waals surface area (Å²) >= 11 is 3.69. The number of pyridine rings is 4. The summed E-state index contributed by atoms with van der Waals surface area (Å²) < 4.78 is 53.3. The van der Waals surface area contributed by atoms with Crippen molar-refractivity contribution < 1.29 is 33.7 Å². The molecule has 3 aliphatic rings. The Hall–Kier alpha value is -7.72. The molecule has 3 aliphatic heterocycles. The minimum absolute atomic E-state index is 0.360. The fourth-order valence-corrected chi connectivity index (χ4v) is 11.0. The van der Waals surface area contributed by atoms with E-state index in [1.165, 1.54) is 22.3 Å². The smallest absolute Gasteiger partial charge is 0.405 e. The molecule has 10 nitrogen and oxygen atoms in total. The summed E-state index contributed by atoms with van der Waals surface area (Å²) in [4.78, 5) is 17.9. The van der Waals surface area contributed by atoms with Gasteiger partial charge in [0.2, 0.25) is 0 Å². The minimum Gasteiger partial charge on any atom is -0.405 e. The molecule has 0 atom stereocenters. The molecule has 3 saturated heterocycles. The molecule has 0 aliphatic carbocycles. The Kier molecular flexibility index (Phi) is 19.2.